The first-order valence-electron chi connectivity index (χ1n) is 5.55. The van der Waals surface area contributed by atoms with Gasteiger partial charge in [-0.2, -0.15) is 0 Å². The van der Waals surface area contributed by atoms with Gasteiger partial charge in [-0.05, 0) is 28.4 Å². The van der Waals surface area contributed by atoms with Gasteiger partial charge in [0.15, 0.2) is 5.78 Å². The summed E-state index contributed by atoms with van der Waals surface area (Å²) in [4.78, 5) is 21.8. The highest BCUT2D eigenvalue weighted by Crippen LogP contribution is 2.33. The third-order valence-corrected chi connectivity index (χ3v) is 3.47. The lowest BCUT2D eigenvalue weighted by Crippen LogP contribution is -2.18. The summed E-state index contributed by atoms with van der Waals surface area (Å²) in [6.45, 7) is 3.68. The van der Waals surface area contributed by atoms with Gasteiger partial charge in [0.25, 0.3) is 5.69 Å². The number of benzene rings is 1. The van der Waals surface area contributed by atoms with Crippen molar-refractivity contribution in [2.75, 3.05) is 6.61 Å². The van der Waals surface area contributed by atoms with E-state index in [1.165, 1.54) is 12.1 Å². The number of nitro groups is 1. The molecular weight excluding hydrogens is 302 g/mol. The Morgan fingerprint density at radius 3 is 2.78 bits per heavy atom. The summed E-state index contributed by atoms with van der Waals surface area (Å²) in [5.41, 5.74) is -0.0801. The number of ether oxygens (including phenoxy) is 1. The fourth-order valence-electron chi connectivity index (χ4n) is 1.27. The zero-order valence-corrected chi connectivity index (χ0v) is 11.8. The molecule has 0 aliphatic carbocycles. The molecule has 0 N–H and O–H groups in total. The molecule has 1 atom stereocenters. The van der Waals surface area contributed by atoms with Gasteiger partial charge < -0.3 is 4.74 Å². The number of Topliss-reactive ketones (excluding diaryl/α,β-unsaturated/α-hetero) is 1. The lowest BCUT2D eigenvalue weighted by atomic mass is 10.1. The number of carbonyl (C=O) groups is 1. The predicted molar refractivity (Wildman–Crippen MR) is 70.8 cm³/mol. The Hall–Kier alpha value is -1.43. The second-order valence-electron chi connectivity index (χ2n) is 3.91. The van der Waals surface area contributed by atoms with Crippen LogP contribution in [0.1, 0.15) is 20.3 Å². The maximum Gasteiger partial charge on any atom is 0.287 e. The Labute approximate surface area is 113 Å². The zero-order valence-electron chi connectivity index (χ0n) is 10.2. The molecule has 0 saturated carbocycles. The van der Waals surface area contributed by atoms with E-state index in [1.54, 1.807) is 6.07 Å². The highest BCUT2D eigenvalue weighted by atomic mass is 79.9. The van der Waals surface area contributed by atoms with E-state index in [4.69, 9.17) is 4.74 Å². The van der Waals surface area contributed by atoms with Crippen molar-refractivity contribution in [3.63, 3.8) is 0 Å². The summed E-state index contributed by atoms with van der Waals surface area (Å²) in [5, 5.41) is 10.7. The van der Waals surface area contributed by atoms with Crippen LogP contribution in [0.25, 0.3) is 0 Å². The number of nitrogens with zero attached hydrogens (tertiary/aromatic N) is 1. The largest absolute Gasteiger partial charge is 0.484 e. The quantitative estimate of drug-likeness (QED) is 0.596. The van der Waals surface area contributed by atoms with E-state index in [1.807, 2.05) is 13.8 Å². The van der Waals surface area contributed by atoms with E-state index in [9.17, 15) is 14.9 Å². The molecule has 18 heavy (non-hydrogen) atoms. The van der Waals surface area contributed by atoms with Gasteiger partial charge in [0.05, 0.1) is 4.92 Å². The molecule has 1 rings (SSSR count). The number of hydrogen-bond donors (Lipinski definition) is 0. The van der Waals surface area contributed by atoms with E-state index in [2.05, 4.69) is 15.9 Å². The van der Waals surface area contributed by atoms with Crippen LogP contribution in [0.15, 0.2) is 22.7 Å². The fraction of sp³-hybridized carbons (Fsp3) is 0.417. The molecule has 0 fully saturated rings. The van der Waals surface area contributed by atoms with Crippen LogP contribution in [0.2, 0.25) is 0 Å². The average Bonchev–Trinajstić information content (AvgIpc) is 2.35. The average molecular weight is 316 g/mol. The first kappa shape index (κ1) is 14.6. The number of hydrogen-bond acceptors (Lipinski definition) is 4. The molecule has 1 unspecified atom stereocenters. The molecule has 0 spiro atoms. The molecule has 98 valence electrons. The molecule has 0 saturated heterocycles. The third kappa shape index (κ3) is 3.53. The molecule has 0 radical (unpaired) electrons. The van der Waals surface area contributed by atoms with E-state index >= 15 is 0 Å². The molecule has 0 aromatic heterocycles. The van der Waals surface area contributed by atoms with Crippen molar-refractivity contribution < 1.29 is 14.5 Å². The Morgan fingerprint density at radius 1 is 1.56 bits per heavy atom. The van der Waals surface area contributed by atoms with Crippen molar-refractivity contribution in [2.24, 2.45) is 5.92 Å². The number of halogens is 1. The van der Waals surface area contributed by atoms with Gasteiger partial charge in [-0.3, -0.25) is 14.9 Å². The molecule has 5 nitrogen and oxygen atoms in total. The normalized spacial score (nSPS) is 11.9. The van der Waals surface area contributed by atoms with Gasteiger partial charge in [0.1, 0.15) is 16.8 Å². The minimum absolute atomic E-state index is 0.0177. The van der Waals surface area contributed by atoms with Crippen LogP contribution in [0.5, 0.6) is 5.75 Å². The van der Waals surface area contributed by atoms with Gasteiger partial charge in [0.2, 0.25) is 0 Å². The van der Waals surface area contributed by atoms with Crippen molar-refractivity contribution in [3.05, 3.63) is 32.8 Å². The Morgan fingerprint density at radius 2 is 2.22 bits per heavy atom. The minimum atomic E-state index is -0.507. The summed E-state index contributed by atoms with van der Waals surface area (Å²) >= 11 is 3.11. The fourth-order valence-corrected chi connectivity index (χ4v) is 1.79. The van der Waals surface area contributed by atoms with Crippen LogP contribution in [0.3, 0.4) is 0 Å². The molecule has 1 aromatic rings. The summed E-state index contributed by atoms with van der Waals surface area (Å²) in [7, 11) is 0. The van der Waals surface area contributed by atoms with Crippen LogP contribution in [-0.4, -0.2) is 17.3 Å². The van der Waals surface area contributed by atoms with E-state index in [0.717, 1.165) is 6.42 Å². The van der Waals surface area contributed by atoms with Gasteiger partial charge in [-0.1, -0.05) is 19.9 Å². The summed E-state index contributed by atoms with van der Waals surface area (Å²) in [6.07, 6.45) is 0.748. The Bertz CT molecular complexity index is 461. The number of carbonyl (C=O) groups excluding carboxylic acids is 1. The summed E-state index contributed by atoms with van der Waals surface area (Å²) in [5.74, 6) is 0.222. The topological polar surface area (TPSA) is 69.4 Å². The van der Waals surface area contributed by atoms with Crippen molar-refractivity contribution >= 4 is 27.4 Å². The van der Waals surface area contributed by atoms with Gasteiger partial charge in [-0.15, -0.1) is 0 Å². The highest BCUT2D eigenvalue weighted by molar-refractivity contribution is 9.10. The summed E-state index contributed by atoms with van der Waals surface area (Å²) in [6, 6.07) is 4.47. The van der Waals surface area contributed by atoms with Crippen LogP contribution in [-0.2, 0) is 4.79 Å². The monoisotopic (exact) mass is 315 g/mol. The van der Waals surface area contributed by atoms with Crippen LogP contribution in [0.4, 0.5) is 5.69 Å². The van der Waals surface area contributed by atoms with E-state index in [-0.39, 0.29) is 28.5 Å². The second kappa shape index (κ2) is 6.49. The van der Waals surface area contributed by atoms with Crippen LogP contribution < -0.4 is 4.74 Å². The van der Waals surface area contributed by atoms with Gasteiger partial charge >= 0.3 is 0 Å². The van der Waals surface area contributed by atoms with Crippen molar-refractivity contribution in [1.82, 2.24) is 0 Å². The van der Waals surface area contributed by atoms with Crippen molar-refractivity contribution in [1.29, 1.82) is 0 Å². The minimum Gasteiger partial charge on any atom is -0.484 e. The molecule has 0 bridgehead atoms. The van der Waals surface area contributed by atoms with Crippen LogP contribution in [0, 0.1) is 16.0 Å². The molecule has 0 amide bonds. The maximum atomic E-state index is 11.6. The molecule has 0 aliphatic heterocycles. The van der Waals surface area contributed by atoms with Crippen molar-refractivity contribution in [3.8, 4) is 5.75 Å². The maximum absolute atomic E-state index is 11.6. The predicted octanol–water partition coefficient (Wildman–Crippen LogP) is 3.35. The Balaban J connectivity index is 2.77. The highest BCUT2D eigenvalue weighted by Gasteiger charge is 2.17. The summed E-state index contributed by atoms with van der Waals surface area (Å²) < 4.78 is 5.57. The second-order valence-corrected chi connectivity index (χ2v) is 4.70. The van der Waals surface area contributed by atoms with E-state index < -0.39 is 4.92 Å². The lowest BCUT2D eigenvalue weighted by molar-refractivity contribution is -0.385. The number of rotatable bonds is 6. The SMILES string of the molecule is CCC(C)C(=O)COc1cccc([N+](=O)[O-])c1Br. The smallest absolute Gasteiger partial charge is 0.287 e. The molecular formula is C12H14BrNO4. The Kier molecular flexibility index (Phi) is 5.27. The standard InChI is InChI=1S/C12H14BrNO4/c1-3-8(2)10(15)7-18-11-6-4-5-9(12(11)13)14(16)17/h4-6,8H,3,7H2,1-2H3. The molecule has 0 heterocycles. The van der Waals surface area contributed by atoms with Crippen LogP contribution >= 0.6 is 15.9 Å². The molecule has 1 aromatic carbocycles. The number of ketones is 1. The molecule has 0 aliphatic rings. The first-order chi connectivity index (χ1) is 8.47. The van der Waals surface area contributed by atoms with Gasteiger partial charge in [0, 0.05) is 12.0 Å². The van der Waals surface area contributed by atoms with Crippen molar-refractivity contribution in [2.45, 2.75) is 20.3 Å². The molecule has 6 heteroatoms. The van der Waals surface area contributed by atoms with E-state index in [0.29, 0.717) is 5.75 Å². The van der Waals surface area contributed by atoms with Gasteiger partial charge in [-0.25, -0.2) is 0 Å². The third-order valence-electron chi connectivity index (χ3n) is 2.67. The zero-order chi connectivity index (χ0) is 13.7. The lowest BCUT2D eigenvalue weighted by Gasteiger charge is -2.10. The number of nitro benzene ring substituents is 1. The first-order valence-corrected chi connectivity index (χ1v) is 6.35.